The summed E-state index contributed by atoms with van der Waals surface area (Å²) in [5.74, 6) is -0.478. The first-order chi connectivity index (χ1) is 12.9. The van der Waals surface area contributed by atoms with Gasteiger partial charge in [-0.15, -0.1) is 11.8 Å². The number of nitrogens with one attached hydrogen (secondary N) is 1. The molecule has 1 aliphatic rings. The van der Waals surface area contributed by atoms with Gasteiger partial charge in [-0.25, -0.2) is 8.42 Å². The molecule has 0 unspecified atom stereocenters. The number of aryl methyl sites for hydroxylation is 1. The summed E-state index contributed by atoms with van der Waals surface area (Å²) in [4.78, 5) is 14.0. The van der Waals surface area contributed by atoms with Gasteiger partial charge in [-0.2, -0.15) is 4.31 Å². The molecule has 1 fully saturated rings. The quantitative estimate of drug-likeness (QED) is 0.771. The third-order valence-corrected chi connectivity index (χ3v) is 7.45. The van der Waals surface area contributed by atoms with Gasteiger partial charge in [-0.1, -0.05) is 29.8 Å². The minimum Gasteiger partial charge on any atom is -0.325 e. The number of para-hydroxylation sites is 1. The average molecular weight is 405 g/mol. The molecule has 0 radical (unpaired) electrons. The first kappa shape index (κ1) is 19.9. The summed E-state index contributed by atoms with van der Waals surface area (Å²) in [6, 6.07) is 14.5. The number of anilines is 1. The molecule has 1 atom stereocenters. The van der Waals surface area contributed by atoms with Gasteiger partial charge in [-0.3, -0.25) is 4.79 Å². The van der Waals surface area contributed by atoms with Crippen LogP contribution < -0.4 is 5.32 Å². The molecule has 1 saturated heterocycles. The average Bonchev–Trinajstić information content (AvgIpc) is 2.69. The molecule has 0 spiro atoms. The molecule has 2 aromatic carbocycles. The zero-order valence-corrected chi connectivity index (χ0v) is 17.1. The van der Waals surface area contributed by atoms with Gasteiger partial charge in [0.25, 0.3) is 0 Å². The largest absolute Gasteiger partial charge is 0.325 e. The van der Waals surface area contributed by atoms with Crippen molar-refractivity contribution in [2.45, 2.75) is 29.6 Å². The monoisotopic (exact) mass is 404 g/mol. The standard InChI is InChI=1S/C20H24N2O3S2/c1-15-9-11-17(12-10-15)27(24,25)22-13-5-6-16(14-22)20(23)21-18-7-3-4-8-19(18)26-2/h3-4,7-12,16H,5-6,13-14H2,1-2H3,(H,21,23)/t16-/m0/s1. The number of rotatable bonds is 5. The molecule has 0 saturated carbocycles. The summed E-state index contributed by atoms with van der Waals surface area (Å²) >= 11 is 1.57. The highest BCUT2D eigenvalue weighted by Crippen LogP contribution is 2.28. The van der Waals surface area contributed by atoms with Gasteiger partial charge in [0.05, 0.1) is 16.5 Å². The van der Waals surface area contributed by atoms with Crippen LogP contribution in [-0.4, -0.2) is 38.0 Å². The molecule has 144 valence electrons. The zero-order chi connectivity index (χ0) is 19.4. The van der Waals surface area contributed by atoms with Crippen molar-refractivity contribution in [2.24, 2.45) is 5.92 Å². The Morgan fingerprint density at radius 2 is 1.85 bits per heavy atom. The third kappa shape index (κ3) is 4.54. The van der Waals surface area contributed by atoms with Crippen LogP contribution in [0.5, 0.6) is 0 Å². The van der Waals surface area contributed by atoms with Gasteiger partial charge >= 0.3 is 0 Å². The lowest BCUT2D eigenvalue weighted by atomic mass is 9.99. The van der Waals surface area contributed by atoms with E-state index in [0.29, 0.717) is 19.4 Å². The minimum absolute atomic E-state index is 0.125. The maximum atomic E-state index is 12.9. The molecule has 1 N–H and O–H groups in total. The normalized spacial score (nSPS) is 18.2. The highest BCUT2D eigenvalue weighted by atomic mass is 32.2. The molecule has 0 bridgehead atoms. The summed E-state index contributed by atoms with van der Waals surface area (Å²) in [5.41, 5.74) is 1.78. The van der Waals surface area contributed by atoms with Crippen molar-refractivity contribution >= 4 is 33.4 Å². The van der Waals surface area contributed by atoms with Crippen molar-refractivity contribution < 1.29 is 13.2 Å². The van der Waals surface area contributed by atoms with E-state index in [1.807, 2.05) is 37.4 Å². The predicted octanol–water partition coefficient (Wildman–Crippen LogP) is 3.76. The lowest BCUT2D eigenvalue weighted by molar-refractivity contribution is -0.120. The number of hydrogen-bond donors (Lipinski definition) is 1. The molecule has 2 aromatic rings. The fraction of sp³-hybridized carbons (Fsp3) is 0.350. The first-order valence-corrected chi connectivity index (χ1v) is 11.6. The second-order valence-electron chi connectivity index (χ2n) is 6.70. The lowest BCUT2D eigenvalue weighted by Gasteiger charge is -2.31. The molecule has 1 aliphatic heterocycles. The van der Waals surface area contributed by atoms with Crippen LogP contribution in [0.25, 0.3) is 0 Å². The van der Waals surface area contributed by atoms with Gasteiger partial charge in [0.15, 0.2) is 0 Å². The van der Waals surface area contributed by atoms with E-state index in [0.717, 1.165) is 16.1 Å². The van der Waals surface area contributed by atoms with E-state index in [-0.39, 0.29) is 23.3 Å². The van der Waals surface area contributed by atoms with Crippen LogP contribution >= 0.6 is 11.8 Å². The van der Waals surface area contributed by atoms with E-state index < -0.39 is 10.0 Å². The number of benzene rings is 2. The van der Waals surface area contributed by atoms with Crippen molar-refractivity contribution in [3.63, 3.8) is 0 Å². The number of sulfonamides is 1. The second-order valence-corrected chi connectivity index (χ2v) is 9.49. The van der Waals surface area contributed by atoms with Gasteiger partial charge in [0.1, 0.15) is 0 Å². The Kier molecular flexibility index (Phi) is 6.24. The smallest absolute Gasteiger partial charge is 0.243 e. The highest BCUT2D eigenvalue weighted by molar-refractivity contribution is 7.98. The predicted molar refractivity (Wildman–Crippen MR) is 110 cm³/mol. The second kappa shape index (κ2) is 8.46. The molecule has 7 heteroatoms. The molecule has 0 aromatic heterocycles. The zero-order valence-electron chi connectivity index (χ0n) is 15.5. The van der Waals surface area contributed by atoms with Crippen molar-refractivity contribution in [1.82, 2.24) is 4.31 Å². The molecular weight excluding hydrogens is 380 g/mol. The van der Waals surface area contributed by atoms with Crippen LogP contribution in [0.2, 0.25) is 0 Å². The maximum Gasteiger partial charge on any atom is 0.243 e. The highest BCUT2D eigenvalue weighted by Gasteiger charge is 2.33. The Balaban J connectivity index is 1.73. The van der Waals surface area contributed by atoms with Gasteiger partial charge in [-0.05, 0) is 50.3 Å². The number of thioether (sulfide) groups is 1. The first-order valence-electron chi connectivity index (χ1n) is 8.92. The summed E-state index contributed by atoms with van der Waals surface area (Å²) in [6.07, 6.45) is 3.32. The summed E-state index contributed by atoms with van der Waals surface area (Å²) in [7, 11) is -3.58. The van der Waals surface area contributed by atoms with Crippen LogP contribution in [0.1, 0.15) is 18.4 Å². The van der Waals surface area contributed by atoms with E-state index in [4.69, 9.17) is 0 Å². The third-order valence-electron chi connectivity index (χ3n) is 4.78. The number of nitrogens with zero attached hydrogens (tertiary/aromatic N) is 1. The van der Waals surface area contributed by atoms with E-state index in [2.05, 4.69) is 5.32 Å². The van der Waals surface area contributed by atoms with Gasteiger partial charge in [0.2, 0.25) is 15.9 Å². The van der Waals surface area contributed by atoms with Crippen molar-refractivity contribution in [3.05, 3.63) is 54.1 Å². The van der Waals surface area contributed by atoms with E-state index >= 15 is 0 Å². The summed E-state index contributed by atoms with van der Waals surface area (Å²) < 4.78 is 27.3. The van der Waals surface area contributed by atoms with Crippen LogP contribution in [0.15, 0.2) is 58.3 Å². The summed E-state index contributed by atoms with van der Waals surface area (Å²) in [6.45, 7) is 2.58. The van der Waals surface area contributed by atoms with Gasteiger partial charge in [0, 0.05) is 18.0 Å². The maximum absolute atomic E-state index is 12.9. The van der Waals surface area contributed by atoms with Crippen LogP contribution in [0.4, 0.5) is 5.69 Å². The van der Waals surface area contributed by atoms with Crippen LogP contribution in [-0.2, 0) is 14.8 Å². The lowest BCUT2D eigenvalue weighted by Crippen LogP contribution is -2.43. The molecule has 1 amide bonds. The van der Waals surface area contributed by atoms with Gasteiger partial charge < -0.3 is 5.32 Å². The number of hydrogen-bond acceptors (Lipinski definition) is 4. The Hall–Kier alpha value is -1.83. The number of amides is 1. The molecule has 27 heavy (non-hydrogen) atoms. The Morgan fingerprint density at radius 3 is 2.56 bits per heavy atom. The fourth-order valence-corrected chi connectivity index (χ4v) is 5.29. The Labute approximate surface area is 165 Å². The molecule has 0 aliphatic carbocycles. The van der Waals surface area contributed by atoms with E-state index in [9.17, 15) is 13.2 Å². The van der Waals surface area contributed by atoms with Crippen molar-refractivity contribution in [1.29, 1.82) is 0 Å². The SMILES string of the molecule is CSc1ccccc1NC(=O)[C@H]1CCCN(S(=O)(=O)c2ccc(C)cc2)C1. The van der Waals surface area contributed by atoms with Crippen LogP contribution in [0.3, 0.4) is 0 Å². The van der Waals surface area contributed by atoms with Crippen molar-refractivity contribution in [3.8, 4) is 0 Å². The molecule has 5 nitrogen and oxygen atoms in total. The molecule has 1 heterocycles. The Bertz CT molecular complexity index is 911. The van der Waals surface area contributed by atoms with Crippen LogP contribution in [0, 0.1) is 12.8 Å². The summed E-state index contributed by atoms with van der Waals surface area (Å²) in [5, 5.41) is 2.97. The fourth-order valence-electron chi connectivity index (χ4n) is 3.22. The van der Waals surface area contributed by atoms with E-state index in [1.54, 1.807) is 36.0 Å². The molecular formula is C20H24N2O3S2. The Morgan fingerprint density at radius 1 is 1.15 bits per heavy atom. The topological polar surface area (TPSA) is 66.5 Å². The van der Waals surface area contributed by atoms with Crippen molar-refractivity contribution in [2.75, 3.05) is 24.7 Å². The number of carbonyl (C=O) groups is 1. The minimum atomic E-state index is -3.58. The number of carbonyl (C=O) groups excluding carboxylic acids is 1. The number of piperidine rings is 1. The molecule has 3 rings (SSSR count). The van der Waals surface area contributed by atoms with E-state index in [1.165, 1.54) is 4.31 Å².